The SMILES string of the molecule is O=C(CNCCC1CCOC1)N1CCCC1. The summed E-state index contributed by atoms with van der Waals surface area (Å²) in [5, 5.41) is 3.24. The first-order valence-corrected chi connectivity index (χ1v) is 6.42. The minimum Gasteiger partial charge on any atom is -0.381 e. The first-order valence-electron chi connectivity index (χ1n) is 6.42. The summed E-state index contributed by atoms with van der Waals surface area (Å²) >= 11 is 0. The van der Waals surface area contributed by atoms with E-state index in [1.807, 2.05) is 4.90 Å². The molecule has 1 amide bonds. The van der Waals surface area contributed by atoms with E-state index in [9.17, 15) is 4.79 Å². The van der Waals surface area contributed by atoms with Crippen molar-refractivity contribution < 1.29 is 9.53 Å². The summed E-state index contributed by atoms with van der Waals surface area (Å²) in [5.41, 5.74) is 0. The van der Waals surface area contributed by atoms with Crippen molar-refractivity contribution in [3.8, 4) is 0 Å². The van der Waals surface area contributed by atoms with Gasteiger partial charge in [0.1, 0.15) is 0 Å². The smallest absolute Gasteiger partial charge is 0.236 e. The fraction of sp³-hybridized carbons (Fsp3) is 0.917. The molecule has 2 saturated heterocycles. The number of hydrogen-bond donors (Lipinski definition) is 1. The quantitative estimate of drug-likeness (QED) is 0.699. The molecule has 4 heteroatoms. The minimum absolute atomic E-state index is 0.264. The maximum Gasteiger partial charge on any atom is 0.236 e. The summed E-state index contributed by atoms with van der Waals surface area (Å²) in [6.45, 7) is 5.17. The van der Waals surface area contributed by atoms with Gasteiger partial charge in [-0.15, -0.1) is 0 Å². The van der Waals surface area contributed by atoms with Crippen molar-refractivity contribution in [2.75, 3.05) is 39.4 Å². The van der Waals surface area contributed by atoms with Crippen LogP contribution >= 0.6 is 0 Å². The lowest BCUT2D eigenvalue weighted by molar-refractivity contribution is -0.129. The van der Waals surface area contributed by atoms with Gasteiger partial charge in [-0.3, -0.25) is 4.79 Å². The second-order valence-corrected chi connectivity index (χ2v) is 4.78. The van der Waals surface area contributed by atoms with Gasteiger partial charge in [-0.2, -0.15) is 0 Å². The number of nitrogens with one attached hydrogen (secondary N) is 1. The van der Waals surface area contributed by atoms with Crippen LogP contribution in [0.15, 0.2) is 0 Å². The molecule has 4 nitrogen and oxygen atoms in total. The Morgan fingerprint density at radius 3 is 2.88 bits per heavy atom. The van der Waals surface area contributed by atoms with Crippen LogP contribution in [0.3, 0.4) is 0 Å². The maximum atomic E-state index is 11.7. The fourth-order valence-electron chi connectivity index (χ4n) is 2.39. The summed E-state index contributed by atoms with van der Waals surface area (Å²) < 4.78 is 5.31. The molecule has 0 saturated carbocycles. The predicted octanol–water partition coefficient (Wildman–Crippen LogP) is 0.625. The number of rotatable bonds is 5. The Balaban J connectivity index is 1.51. The number of ether oxygens (including phenoxy) is 1. The molecule has 0 aliphatic carbocycles. The zero-order valence-electron chi connectivity index (χ0n) is 9.91. The standard InChI is InChI=1S/C12H22N2O2/c15-12(14-6-1-2-7-14)9-13-5-3-11-4-8-16-10-11/h11,13H,1-10H2. The zero-order valence-corrected chi connectivity index (χ0v) is 9.91. The first kappa shape index (κ1) is 11.9. The summed E-state index contributed by atoms with van der Waals surface area (Å²) in [4.78, 5) is 13.6. The molecule has 0 radical (unpaired) electrons. The van der Waals surface area contributed by atoms with Crippen molar-refractivity contribution in [2.45, 2.75) is 25.7 Å². The molecular formula is C12H22N2O2. The highest BCUT2D eigenvalue weighted by molar-refractivity contribution is 5.78. The highest BCUT2D eigenvalue weighted by Crippen LogP contribution is 2.15. The number of likely N-dealkylation sites (tertiary alicyclic amines) is 1. The largest absolute Gasteiger partial charge is 0.381 e. The van der Waals surface area contributed by atoms with Crippen molar-refractivity contribution in [1.29, 1.82) is 0 Å². The van der Waals surface area contributed by atoms with Gasteiger partial charge in [0.2, 0.25) is 5.91 Å². The third kappa shape index (κ3) is 3.46. The Morgan fingerprint density at radius 2 is 2.19 bits per heavy atom. The van der Waals surface area contributed by atoms with Crippen LogP contribution in [-0.4, -0.2) is 50.2 Å². The number of amides is 1. The van der Waals surface area contributed by atoms with Gasteiger partial charge in [0.15, 0.2) is 0 Å². The average molecular weight is 226 g/mol. The molecule has 0 aromatic carbocycles. The highest BCUT2D eigenvalue weighted by atomic mass is 16.5. The molecule has 0 spiro atoms. The van der Waals surface area contributed by atoms with E-state index in [-0.39, 0.29) is 5.91 Å². The van der Waals surface area contributed by atoms with Gasteiger partial charge in [0.05, 0.1) is 6.54 Å². The molecule has 1 atom stereocenters. The van der Waals surface area contributed by atoms with Crippen molar-refractivity contribution in [3.63, 3.8) is 0 Å². The van der Waals surface area contributed by atoms with E-state index in [2.05, 4.69) is 5.32 Å². The van der Waals surface area contributed by atoms with Crippen LogP contribution in [0.4, 0.5) is 0 Å². The number of nitrogens with zero attached hydrogens (tertiary/aromatic N) is 1. The molecule has 2 aliphatic heterocycles. The lowest BCUT2D eigenvalue weighted by atomic mass is 10.1. The number of carbonyl (C=O) groups is 1. The zero-order chi connectivity index (χ0) is 11.2. The molecule has 2 fully saturated rings. The van der Waals surface area contributed by atoms with Crippen molar-refractivity contribution >= 4 is 5.91 Å². The number of carbonyl (C=O) groups excluding carboxylic acids is 1. The molecule has 16 heavy (non-hydrogen) atoms. The molecule has 0 aromatic rings. The van der Waals surface area contributed by atoms with E-state index in [1.54, 1.807) is 0 Å². The summed E-state index contributed by atoms with van der Waals surface area (Å²) in [5.74, 6) is 0.967. The molecule has 2 heterocycles. The second kappa shape index (κ2) is 6.21. The van der Waals surface area contributed by atoms with Crippen LogP contribution in [0.2, 0.25) is 0 Å². The van der Waals surface area contributed by atoms with Crippen molar-refractivity contribution in [1.82, 2.24) is 10.2 Å². The molecule has 1 unspecified atom stereocenters. The normalized spacial score (nSPS) is 25.2. The van der Waals surface area contributed by atoms with E-state index >= 15 is 0 Å². The van der Waals surface area contributed by atoms with Gasteiger partial charge in [-0.1, -0.05) is 0 Å². The van der Waals surface area contributed by atoms with E-state index in [4.69, 9.17) is 4.74 Å². The Kier molecular flexibility index (Phi) is 4.60. The third-order valence-electron chi connectivity index (χ3n) is 3.49. The summed E-state index contributed by atoms with van der Waals surface area (Å²) in [6.07, 6.45) is 4.66. The minimum atomic E-state index is 0.264. The van der Waals surface area contributed by atoms with Gasteiger partial charge in [0, 0.05) is 26.3 Å². The summed E-state index contributed by atoms with van der Waals surface area (Å²) in [7, 11) is 0. The van der Waals surface area contributed by atoms with E-state index in [0.29, 0.717) is 12.5 Å². The first-order chi connectivity index (χ1) is 7.86. The van der Waals surface area contributed by atoms with E-state index in [1.165, 1.54) is 19.3 Å². The Bertz CT molecular complexity index is 221. The van der Waals surface area contributed by atoms with Crippen LogP contribution < -0.4 is 5.32 Å². The van der Waals surface area contributed by atoms with Gasteiger partial charge in [-0.25, -0.2) is 0 Å². The van der Waals surface area contributed by atoms with Gasteiger partial charge in [-0.05, 0) is 38.1 Å². The predicted molar refractivity (Wildman–Crippen MR) is 62.2 cm³/mol. The molecule has 92 valence electrons. The summed E-state index contributed by atoms with van der Waals surface area (Å²) in [6, 6.07) is 0. The van der Waals surface area contributed by atoms with Crippen molar-refractivity contribution in [3.05, 3.63) is 0 Å². The molecule has 0 aromatic heterocycles. The van der Waals surface area contributed by atoms with Crippen LogP contribution in [0, 0.1) is 5.92 Å². The van der Waals surface area contributed by atoms with Crippen LogP contribution in [-0.2, 0) is 9.53 Å². The molecule has 2 rings (SSSR count). The lowest BCUT2D eigenvalue weighted by Gasteiger charge is -2.15. The Hall–Kier alpha value is -0.610. The maximum absolute atomic E-state index is 11.7. The Labute approximate surface area is 97.3 Å². The average Bonchev–Trinajstić information content (AvgIpc) is 2.96. The van der Waals surface area contributed by atoms with E-state index in [0.717, 1.165) is 39.3 Å². The topological polar surface area (TPSA) is 41.6 Å². The van der Waals surface area contributed by atoms with E-state index < -0.39 is 0 Å². The highest BCUT2D eigenvalue weighted by Gasteiger charge is 2.18. The van der Waals surface area contributed by atoms with Gasteiger partial charge in [0.25, 0.3) is 0 Å². The molecular weight excluding hydrogens is 204 g/mol. The molecule has 0 bridgehead atoms. The number of hydrogen-bond acceptors (Lipinski definition) is 3. The van der Waals surface area contributed by atoms with Gasteiger partial charge < -0.3 is 15.0 Å². The van der Waals surface area contributed by atoms with Crippen LogP contribution in [0.1, 0.15) is 25.7 Å². The van der Waals surface area contributed by atoms with Crippen LogP contribution in [0.25, 0.3) is 0 Å². The third-order valence-corrected chi connectivity index (χ3v) is 3.49. The second-order valence-electron chi connectivity index (χ2n) is 4.78. The fourth-order valence-corrected chi connectivity index (χ4v) is 2.39. The van der Waals surface area contributed by atoms with Crippen LogP contribution in [0.5, 0.6) is 0 Å². The molecule has 2 aliphatic rings. The monoisotopic (exact) mass is 226 g/mol. The lowest BCUT2D eigenvalue weighted by Crippen LogP contribution is -2.36. The van der Waals surface area contributed by atoms with Crippen molar-refractivity contribution in [2.24, 2.45) is 5.92 Å². The van der Waals surface area contributed by atoms with Gasteiger partial charge >= 0.3 is 0 Å². The molecule has 1 N–H and O–H groups in total. The Morgan fingerprint density at radius 1 is 1.38 bits per heavy atom.